The minimum atomic E-state index is -0.584. The summed E-state index contributed by atoms with van der Waals surface area (Å²) in [6.45, 7) is 5.10. The Hall–Kier alpha value is -3.10. The summed E-state index contributed by atoms with van der Waals surface area (Å²) in [5.41, 5.74) is 0.362. The largest absolute Gasteiger partial charge is 0.456 e. The zero-order valence-electron chi connectivity index (χ0n) is 16.6. The Kier molecular flexibility index (Phi) is 8.94. The van der Waals surface area contributed by atoms with E-state index in [1.54, 1.807) is 45.0 Å². The molecule has 0 fully saturated rings. The molecule has 154 valence electrons. The van der Waals surface area contributed by atoms with Crippen molar-refractivity contribution in [2.75, 3.05) is 25.5 Å². The molecule has 0 saturated heterocycles. The fourth-order valence-corrected chi connectivity index (χ4v) is 2.00. The Morgan fingerprint density at radius 2 is 1.68 bits per heavy atom. The van der Waals surface area contributed by atoms with Gasteiger partial charge in [0.25, 0.3) is 11.8 Å². The van der Waals surface area contributed by atoms with Gasteiger partial charge in [-0.2, -0.15) is 0 Å². The lowest BCUT2D eigenvalue weighted by atomic mass is 10.2. The highest BCUT2D eigenvalue weighted by molar-refractivity contribution is 5.96. The van der Waals surface area contributed by atoms with E-state index < -0.39 is 30.2 Å². The van der Waals surface area contributed by atoms with E-state index in [1.807, 2.05) is 0 Å². The van der Waals surface area contributed by atoms with Gasteiger partial charge < -0.3 is 25.4 Å². The standard InChI is InChI=1S/C19H27N3O6/c1-19(2,3)28-18(26)21-11-5-6-16(24)27-12-15(23)22-14-9-7-13(8-10-14)17(25)20-4/h7-10H,5-6,11-12H2,1-4H3,(H,20,25)(H,21,26)(H,22,23). The Morgan fingerprint density at radius 1 is 1.04 bits per heavy atom. The van der Waals surface area contributed by atoms with Crippen LogP contribution < -0.4 is 16.0 Å². The zero-order valence-corrected chi connectivity index (χ0v) is 16.6. The predicted octanol–water partition coefficient (Wildman–Crippen LogP) is 1.83. The molecular formula is C19H27N3O6. The molecule has 0 aliphatic heterocycles. The number of rotatable bonds is 8. The number of hydrogen-bond donors (Lipinski definition) is 3. The van der Waals surface area contributed by atoms with Gasteiger partial charge in [0, 0.05) is 31.3 Å². The number of hydrogen-bond acceptors (Lipinski definition) is 6. The number of carbonyl (C=O) groups excluding carboxylic acids is 4. The molecule has 0 saturated carbocycles. The SMILES string of the molecule is CNC(=O)c1ccc(NC(=O)COC(=O)CCCNC(=O)OC(C)(C)C)cc1. The second kappa shape index (κ2) is 10.9. The van der Waals surface area contributed by atoms with Crippen LogP contribution in [0.4, 0.5) is 10.5 Å². The molecule has 0 radical (unpaired) electrons. The van der Waals surface area contributed by atoms with Crippen LogP contribution in [-0.2, 0) is 19.1 Å². The van der Waals surface area contributed by atoms with E-state index in [-0.39, 0.29) is 18.9 Å². The summed E-state index contributed by atoms with van der Waals surface area (Å²) in [4.78, 5) is 46.3. The van der Waals surface area contributed by atoms with Crippen molar-refractivity contribution in [1.29, 1.82) is 0 Å². The topological polar surface area (TPSA) is 123 Å². The van der Waals surface area contributed by atoms with Crippen LogP contribution in [0.3, 0.4) is 0 Å². The molecule has 0 bridgehead atoms. The number of carbonyl (C=O) groups is 4. The Bertz CT molecular complexity index is 695. The fraction of sp³-hybridized carbons (Fsp3) is 0.474. The first-order valence-electron chi connectivity index (χ1n) is 8.85. The maximum absolute atomic E-state index is 11.8. The van der Waals surface area contributed by atoms with Gasteiger partial charge in [0.05, 0.1) is 0 Å². The van der Waals surface area contributed by atoms with Gasteiger partial charge in [-0.05, 0) is 51.5 Å². The van der Waals surface area contributed by atoms with Gasteiger partial charge in [-0.3, -0.25) is 14.4 Å². The molecule has 0 atom stereocenters. The molecular weight excluding hydrogens is 366 g/mol. The van der Waals surface area contributed by atoms with Crippen LogP contribution in [0.1, 0.15) is 44.0 Å². The van der Waals surface area contributed by atoms with E-state index in [2.05, 4.69) is 16.0 Å². The van der Waals surface area contributed by atoms with E-state index in [4.69, 9.17) is 9.47 Å². The van der Waals surface area contributed by atoms with Gasteiger partial charge >= 0.3 is 12.1 Å². The Labute approximate surface area is 164 Å². The molecule has 1 aromatic rings. The maximum Gasteiger partial charge on any atom is 0.407 e. The van der Waals surface area contributed by atoms with Crippen LogP contribution >= 0.6 is 0 Å². The normalized spacial score (nSPS) is 10.6. The van der Waals surface area contributed by atoms with Gasteiger partial charge in [0.15, 0.2) is 6.61 Å². The highest BCUT2D eigenvalue weighted by atomic mass is 16.6. The smallest absolute Gasteiger partial charge is 0.407 e. The molecule has 1 rings (SSSR count). The van der Waals surface area contributed by atoms with Crippen molar-refractivity contribution in [3.8, 4) is 0 Å². The van der Waals surface area contributed by atoms with Crippen LogP contribution in [0.5, 0.6) is 0 Å². The highest BCUT2D eigenvalue weighted by Crippen LogP contribution is 2.09. The Balaban J connectivity index is 2.23. The third kappa shape index (κ3) is 9.56. The van der Waals surface area contributed by atoms with E-state index in [1.165, 1.54) is 7.05 Å². The van der Waals surface area contributed by atoms with Gasteiger partial charge in [-0.1, -0.05) is 0 Å². The summed E-state index contributed by atoms with van der Waals surface area (Å²) in [5, 5.41) is 7.59. The quantitative estimate of drug-likeness (QED) is 0.457. The minimum absolute atomic E-state index is 0.0594. The van der Waals surface area contributed by atoms with Gasteiger partial charge in [0.1, 0.15) is 5.60 Å². The molecule has 9 heteroatoms. The van der Waals surface area contributed by atoms with E-state index in [0.717, 1.165) is 0 Å². The molecule has 9 nitrogen and oxygen atoms in total. The summed E-state index contributed by atoms with van der Waals surface area (Å²) in [7, 11) is 1.53. The lowest BCUT2D eigenvalue weighted by Gasteiger charge is -2.19. The molecule has 0 unspecified atom stereocenters. The van der Waals surface area contributed by atoms with E-state index in [9.17, 15) is 19.2 Å². The second-order valence-corrected chi connectivity index (χ2v) is 6.90. The van der Waals surface area contributed by atoms with Crippen molar-refractivity contribution in [1.82, 2.24) is 10.6 Å². The van der Waals surface area contributed by atoms with Gasteiger partial charge in [-0.25, -0.2) is 4.79 Å². The molecule has 28 heavy (non-hydrogen) atoms. The Morgan fingerprint density at radius 3 is 2.25 bits per heavy atom. The number of nitrogens with one attached hydrogen (secondary N) is 3. The average molecular weight is 393 g/mol. The summed E-state index contributed by atoms with van der Waals surface area (Å²) >= 11 is 0. The van der Waals surface area contributed by atoms with Gasteiger partial charge in [-0.15, -0.1) is 0 Å². The monoisotopic (exact) mass is 393 g/mol. The van der Waals surface area contributed by atoms with Crippen molar-refractivity contribution in [2.24, 2.45) is 0 Å². The first kappa shape index (κ1) is 22.9. The molecule has 0 aliphatic rings. The molecule has 1 aromatic carbocycles. The van der Waals surface area contributed by atoms with Crippen molar-refractivity contribution in [3.05, 3.63) is 29.8 Å². The van der Waals surface area contributed by atoms with Crippen LogP contribution in [0.15, 0.2) is 24.3 Å². The highest BCUT2D eigenvalue weighted by Gasteiger charge is 2.15. The van der Waals surface area contributed by atoms with Crippen LogP contribution in [0.2, 0.25) is 0 Å². The third-order valence-electron chi connectivity index (χ3n) is 3.25. The van der Waals surface area contributed by atoms with Crippen LogP contribution in [0.25, 0.3) is 0 Å². The summed E-state index contributed by atoms with van der Waals surface area (Å²) in [6, 6.07) is 6.29. The van der Waals surface area contributed by atoms with E-state index in [0.29, 0.717) is 17.7 Å². The number of amides is 3. The molecule has 3 N–H and O–H groups in total. The number of anilines is 1. The fourth-order valence-electron chi connectivity index (χ4n) is 2.00. The molecule has 3 amide bonds. The van der Waals surface area contributed by atoms with Crippen molar-refractivity contribution in [3.63, 3.8) is 0 Å². The number of ether oxygens (including phenoxy) is 2. The number of alkyl carbamates (subject to hydrolysis) is 1. The number of esters is 1. The maximum atomic E-state index is 11.8. The average Bonchev–Trinajstić information content (AvgIpc) is 2.62. The summed E-state index contributed by atoms with van der Waals surface area (Å²) in [6.07, 6.45) is -0.132. The molecule has 0 heterocycles. The first-order valence-corrected chi connectivity index (χ1v) is 8.85. The summed E-state index contributed by atoms with van der Waals surface area (Å²) < 4.78 is 9.95. The van der Waals surface area contributed by atoms with E-state index >= 15 is 0 Å². The van der Waals surface area contributed by atoms with Crippen LogP contribution in [0, 0.1) is 0 Å². The number of benzene rings is 1. The molecule has 0 aliphatic carbocycles. The lowest BCUT2D eigenvalue weighted by Crippen LogP contribution is -2.33. The van der Waals surface area contributed by atoms with Gasteiger partial charge in [0.2, 0.25) is 0 Å². The van der Waals surface area contributed by atoms with Crippen molar-refractivity contribution >= 4 is 29.6 Å². The van der Waals surface area contributed by atoms with Crippen LogP contribution in [-0.4, -0.2) is 49.7 Å². The molecule has 0 aromatic heterocycles. The predicted molar refractivity (Wildman–Crippen MR) is 103 cm³/mol. The zero-order chi connectivity index (χ0) is 21.2. The second-order valence-electron chi connectivity index (χ2n) is 6.90. The first-order chi connectivity index (χ1) is 13.1. The van der Waals surface area contributed by atoms with Crippen molar-refractivity contribution in [2.45, 2.75) is 39.2 Å². The lowest BCUT2D eigenvalue weighted by molar-refractivity contribution is -0.147. The third-order valence-corrected chi connectivity index (χ3v) is 3.25. The molecule has 0 spiro atoms. The summed E-state index contributed by atoms with van der Waals surface area (Å²) in [5.74, 6) is -1.27. The minimum Gasteiger partial charge on any atom is -0.456 e. The van der Waals surface area contributed by atoms with Crippen molar-refractivity contribution < 1.29 is 28.7 Å².